The minimum absolute atomic E-state index is 0.215. The standard InChI is InChI=1S/C17H20FN/c1-12(2)14-8-9-16(18)15(11-14)17(19)10-13-6-4-3-5-7-13/h3-9,11-12,17H,10,19H2,1-2H3. The minimum atomic E-state index is -0.305. The topological polar surface area (TPSA) is 26.0 Å². The number of hydrogen-bond donors (Lipinski definition) is 1. The van der Waals surface area contributed by atoms with Crippen LogP contribution in [0.25, 0.3) is 0 Å². The lowest BCUT2D eigenvalue weighted by Gasteiger charge is -2.16. The third-order valence-electron chi connectivity index (χ3n) is 3.38. The first-order chi connectivity index (χ1) is 9.08. The molecule has 2 heteroatoms. The molecule has 0 bridgehead atoms. The third kappa shape index (κ3) is 3.42. The first kappa shape index (κ1) is 13.8. The van der Waals surface area contributed by atoms with Crippen LogP contribution in [0.2, 0.25) is 0 Å². The van der Waals surface area contributed by atoms with Crippen LogP contribution in [-0.2, 0) is 6.42 Å². The van der Waals surface area contributed by atoms with E-state index in [1.165, 1.54) is 6.07 Å². The Labute approximate surface area is 114 Å². The molecule has 0 heterocycles. The Morgan fingerprint density at radius 3 is 2.37 bits per heavy atom. The molecule has 1 atom stereocenters. The lowest BCUT2D eigenvalue weighted by Crippen LogP contribution is -2.15. The van der Waals surface area contributed by atoms with Gasteiger partial charge in [0, 0.05) is 11.6 Å². The summed E-state index contributed by atoms with van der Waals surface area (Å²) in [7, 11) is 0. The van der Waals surface area contributed by atoms with Gasteiger partial charge in [0.15, 0.2) is 0 Å². The van der Waals surface area contributed by atoms with Gasteiger partial charge in [-0.2, -0.15) is 0 Å². The van der Waals surface area contributed by atoms with E-state index in [1.807, 2.05) is 42.5 Å². The smallest absolute Gasteiger partial charge is 0.128 e. The SMILES string of the molecule is CC(C)c1ccc(F)c(C(N)Cc2ccccc2)c1. The first-order valence-corrected chi connectivity index (χ1v) is 6.66. The summed E-state index contributed by atoms with van der Waals surface area (Å²) in [5, 5.41) is 0. The normalized spacial score (nSPS) is 12.7. The molecule has 0 amide bonds. The van der Waals surface area contributed by atoms with Crippen molar-refractivity contribution >= 4 is 0 Å². The molecule has 2 rings (SSSR count). The van der Waals surface area contributed by atoms with E-state index in [9.17, 15) is 4.39 Å². The second kappa shape index (κ2) is 5.98. The van der Waals surface area contributed by atoms with Gasteiger partial charge in [0.2, 0.25) is 0 Å². The minimum Gasteiger partial charge on any atom is -0.324 e. The van der Waals surface area contributed by atoms with E-state index in [4.69, 9.17) is 5.73 Å². The Hall–Kier alpha value is -1.67. The monoisotopic (exact) mass is 257 g/mol. The van der Waals surface area contributed by atoms with E-state index in [2.05, 4.69) is 13.8 Å². The third-order valence-corrected chi connectivity index (χ3v) is 3.38. The predicted molar refractivity (Wildman–Crippen MR) is 77.6 cm³/mol. The molecule has 2 N–H and O–H groups in total. The van der Waals surface area contributed by atoms with Gasteiger partial charge < -0.3 is 5.73 Å². The molecular formula is C17H20FN. The summed E-state index contributed by atoms with van der Waals surface area (Å²) in [6.07, 6.45) is 0.652. The van der Waals surface area contributed by atoms with E-state index in [0.29, 0.717) is 17.9 Å². The highest BCUT2D eigenvalue weighted by molar-refractivity contribution is 5.30. The van der Waals surface area contributed by atoms with E-state index >= 15 is 0 Å². The lowest BCUT2D eigenvalue weighted by molar-refractivity contribution is 0.578. The maximum Gasteiger partial charge on any atom is 0.128 e. The van der Waals surface area contributed by atoms with Crippen LogP contribution >= 0.6 is 0 Å². The molecule has 0 saturated carbocycles. The summed E-state index contributed by atoms with van der Waals surface area (Å²) in [6.45, 7) is 4.19. The van der Waals surface area contributed by atoms with Crippen LogP contribution < -0.4 is 5.73 Å². The van der Waals surface area contributed by atoms with Gasteiger partial charge in [0.1, 0.15) is 5.82 Å². The second-order valence-corrected chi connectivity index (χ2v) is 5.23. The molecule has 0 aromatic heterocycles. The van der Waals surface area contributed by atoms with Crippen LogP contribution in [0.5, 0.6) is 0 Å². The number of hydrogen-bond acceptors (Lipinski definition) is 1. The van der Waals surface area contributed by atoms with Crippen molar-refractivity contribution in [2.45, 2.75) is 32.2 Å². The number of halogens is 1. The molecule has 1 nitrogen and oxygen atoms in total. The average Bonchev–Trinajstić information content (AvgIpc) is 2.40. The Balaban J connectivity index is 2.23. The molecule has 1 unspecified atom stereocenters. The highest BCUT2D eigenvalue weighted by atomic mass is 19.1. The molecular weight excluding hydrogens is 237 g/mol. The van der Waals surface area contributed by atoms with E-state index in [-0.39, 0.29) is 11.9 Å². The van der Waals surface area contributed by atoms with Gasteiger partial charge in [0.25, 0.3) is 0 Å². The zero-order valence-electron chi connectivity index (χ0n) is 11.4. The Morgan fingerprint density at radius 1 is 1.05 bits per heavy atom. The van der Waals surface area contributed by atoms with Crippen LogP contribution in [0.4, 0.5) is 4.39 Å². The predicted octanol–water partition coefficient (Wildman–Crippen LogP) is 4.19. The van der Waals surface area contributed by atoms with Crippen molar-refractivity contribution in [1.82, 2.24) is 0 Å². The van der Waals surface area contributed by atoms with Crippen LogP contribution in [0.15, 0.2) is 48.5 Å². The fourth-order valence-corrected chi connectivity index (χ4v) is 2.18. The van der Waals surface area contributed by atoms with Crippen LogP contribution in [0, 0.1) is 5.82 Å². The molecule has 0 aliphatic rings. The van der Waals surface area contributed by atoms with Gasteiger partial charge in [0.05, 0.1) is 0 Å². The molecule has 2 aromatic rings. The maximum atomic E-state index is 13.9. The summed E-state index contributed by atoms with van der Waals surface area (Å²) < 4.78 is 13.9. The van der Waals surface area contributed by atoms with Crippen molar-refractivity contribution < 1.29 is 4.39 Å². The molecule has 0 aliphatic heterocycles. The first-order valence-electron chi connectivity index (χ1n) is 6.66. The molecule has 100 valence electrons. The highest BCUT2D eigenvalue weighted by Gasteiger charge is 2.13. The molecule has 0 spiro atoms. The summed E-state index contributed by atoms with van der Waals surface area (Å²) in [5.41, 5.74) is 9.02. The van der Waals surface area contributed by atoms with Crippen molar-refractivity contribution in [2.75, 3.05) is 0 Å². The van der Waals surface area contributed by atoms with Crippen molar-refractivity contribution in [3.8, 4) is 0 Å². The van der Waals surface area contributed by atoms with Crippen molar-refractivity contribution in [1.29, 1.82) is 0 Å². The summed E-state index contributed by atoms with van der Waals surface area (Å²) >= 11 is 0. The summed E-state index contributed by atoms with van der Waals surface area (Å²) in [4.78, 5) is 0. The molecule has 19 heavy (non-hydrogen) atoms. The van der Waals surface area contributed by atoms with Gasteiger partial charge in [-0.05, 0) is 29.5 Å². The summed E-state index contributed by atoms with van der Waals surface area (Å²) in [6, 6.07) is 14.9. The van der Waals surface area contributed by atoms with Gasteiger partial charge in [-0.15, -0.1) is 0 Å². The van der Waals surface area contributed by atoms with Gasteiger partial charge in [-0.1, -0.05) is 56.3 Å². The molecule has 0 saturated heterocycles. The van der Waals surface area contributed by atoms with Crippen LogP contribution in [0.1, 0.15) is 42.5 Å². The fraction of sp³-hybridized carbons (Fsp3) is 0.294. The van der Waals surface area contributed by atoms with Crippen LogP contribution in [-0.4, -0.2) is 0 Å². The maximum absolute atomic E-state index is 13.9. The van der Waals surface area contributed by atoms with Crippen molar-refractivity contribution in [2.24, 2.45) is 5.73 Å². The molecule has 0 aliphatic carbocycles. The number of rotatable bonds is 4. The quantitative estimate of drug-likeness (QED) is 0.873. The van der Waals surface area contributed by atoms with Gasteiger partial charge in [-0.3, -0.25) is 0 Å². The van der Waals surface area contributed by atoms with Crippen molar-refractivity contribution in [3.63, 3.8) is 0 Å². The lowest BCUT2D eigenvalue weighted by atomic mass is 9.94. The zero-order chi connectivity index (χ0) is 13.8. The van der Waals surface area contributed by atoms with E-state index in [1.54, 1.807) is 0 Å². The Bertz CT molecular complexity index is 534. The van der Waals surface area contributed by atoms with Crippen molar-refractivity contribution in [3.05, 3.63) is 71.0 Å². The molecule has 0 radical (unpaired) electrons. The molecule has 2 aromatic carbocycles. The number of nitrogens with two attached hydrogens (primary N) is 1. The fourth-order valence-electron chi connectivity index (χ4n) is 2.18. The van der Waals surface area contributed by atoms with E-state index in [0.717, 1.165) is 11.1 Å². The summed E-state index contributed by atoms with van der Waals surface area (Å²) in [5.74, 6) is 0.163. The van der Waals surface area contributed by atoms with Gasteiger partial charge >= 0.3 is 0 Å². The Morgan fingerprint density at radius 2 is 1.74 bits per heavy atom. The average molecular weight is 257 g/mol. The highest BCUT2D eigenvalue weighted by Crippen LogP contribution is 2.24. The van der Waals surface area contributed by atoms with E-state index < -0.39 is 0 Å². The second-order valence-electron chi connectivity index (χ2n) is 5.23. The van der Waals surface area contributed by atoms with Crippen LogP contribution in [0.3, 0.4) is 0 Å². The zero-order valence-corrected chi connectivity index (χ0v) is 11.4. The number of benzene rings is 2. The Kier molecular flexibility index (Phi) is 4.33. The van der Waals surface area contributed by atoms with Gasteiger partial charge in [-0.25, -0.2) is 4.39 Å². The molecule has 0 fully saturated rings. The largest absolute Gasteiger partial charge is 0.324 e.